The number of benzene rings is 3. The minimum absolute atomic E-state index is 0.00277. The highest BCUT2D eigenvalue weighted by Gasteiger charge is 2.46. The Balaban J connectivity index is 1.85. The van der Waals surface area contributed by atoms with Crippen molar-refractivity contribution in [2.75, 3.05) is 11.5 Å². The van der Waals surface area contributed by atoms with E-state index in [1.165, 1.54) is 4.90 Å². The van der Waals surface area contributed by atoms with Crippen molar-refractivity contribution < 1.29 is 24.2 Å². The van der Waals surface area contributed by atoms with Crippen molar-refractivity contribution in [1.82, 2.24) is 0 Å². The van der Waals surface area contributed by atoms with Crippen molar-refractivity contribution in [3.05, 3.63) is 106 Å². The second-order valence-electron chi connectivity index (χ2n) is 7.35. The van der Waals surface area contributed by atoms with Crippen molar-refractivity contribution in [2.45, 2.75) is 13.0 Å². The van der Waals surface area contributed by atoms with E-state index >= 15 is 0 Å². The van der Waals surface area contributed by atoms with Gasteiger partial charge in [0.25, 0.3) is 11.7 Å². The monoisotopic (exact) mass is 505 g/mol. The van der Waals surface area contributed by atoms with Crippen molar-refractivity contribution in [2.24, 2.45) is 0 Å². The third kappa shape index (κ3) is 4.32. The van der Waals surface area contributed by atoms with Crippen molar-refractivity contribution >= 4 is 45.0 Å². The van der Waals surface area contributed by atoms with Crippen molar-refractivity contribution in [3.8, 4) is 0 Å². The first kappa shape index (κ1) is 22.5. The molecule has 1 saturated heterocycles. The van der Waals surface area contributed by atoms with Gasteiger partial charge in [0.05, 0.1) is 23.8 Å². The molecule has 0 bridgehead atoms. The molecular formula is C26H20BrNO5. The van der Waals surface area contributed by atoms with E-state index in [2.05, 4.69) is 15.9 Å². The lowest BCUT2D eigenvalue weighted by Gasteiger charge is -2.25. The maximum atomic E-state index is 13.2. The molecular weight excluding hydrogens is 486 g/mol. The fraction of sp³-hybridized carbons (Fsp3) is 0.115. The molecule has 33 heavy (non-hydrogen) atoms. The van der Waals surface area contributed by atoms with Gasteiger partial charge in [0, 0.05) is 15.7 Å². The summed E-state index contributed by atoms with van der Waals surface area (Å²) in [6.07, 6.45) is 0. The van der Waals surface area contributed by atoms with E-state index in [9.17, 15) is 19.5 Å². The van der Waals surface area contributed by atoms with Gasteiger partial charge in [0.1, 0.15) is 5.76 Å². The predicted octanol–water partition coefficient (Wildman–Crippen LogP) is 5.25. The molecule has 4 rings (SSSR count). The highest BCUT2D eigenvalue weighted by molar-refractivity contribution is 9.10. The van der Waals surface area contributed by atoms with Crippen LogP contribution in [0.2, 0.25) is 0 Å². The van der Waals surface area contributed by atoms with Gasteiger partial charge in [-0.2, -0.15) is 0 Å². The van der Waals surface area contributed by atoms with Crippen molar-refractivity contribution in [1.29, 1.82) is 0 Å². The van der Waals surface area contributed by atoms with Crippen LogP contribution < -0.4 is 4.90 Å². The number of aliphatic hydroxyl groups is 1. The number of carbonyl (C=O) groups is 3. The molecule has 0 aromatic heterocycles. The third-order valence-electron chi connectivity index (χ3n) is 5.33. The number of ketones is 1. The summed E-state index contributed by atoms with van der Waals surface area (Å²) in [5.74, 6) is -2.25. The van der Waals surface area contributed by atoms with Crippen LogP contribution >= 0.6 is 15.9 Å². The van der Waals surface area contributed by atoms with E-state index in [4.69, 9.17) is 4.74 Å². The molecule has 1 heterocycles. The summed E-state index contributed by atoms with van der Waals surface area (Å²) in [5, 5.41) is 11.0. The minimum atomic E-state index is -0.841. The van der Waals surface area contributed by atoms with Crippen LogP contribution in [0.25, 0.3) is 5.76 Å². The Bertz CT molecular complexity index is 1230. The number of rotatable bonds is 5. The number of esters is 1. The molecule has 3 aromatic carbocycles. The smallest absolute Gasteiger partial charge is 0.338 e. The number of amides is 1. The summed E-state index contributed by atoms with van der Waals surface area (Å²) in [7, 11) is 0. The summed E-state index contributed by atoms with van der Waals surface area (Å²) in [6.45, 7) is 1.97. The van der Waals surface area contributed by atoms with E-state index in [-0.39, 0.29) is 17.9 Å². The predicted molar refractivity (Wildman–Crippen MR) is 128 cm³/mol. The average molecular weight is 506 g/mol. The van der Waals surface area contributed by atoms with E-state index in [0.717, 1.165) is 4.47 Å². The third-order valence-corrected chi connectivity index (χ3v) is 5.86. The number of Topliss-reactive ketones (excluding diaryl/α,β-unsaturated/α-hetero) is 1. The maximum absolute atomic E-state index is 13.2. The number of ether oxygens (including phenoxy) is 1. The van der Waals surface area contributed by atoms with Crippen LogP contribution in [0.15, 0.2) is 88.9 Å². The zero-order valence-corrected chi connectivity index (χ0v) is 19.3. The van der Waals surface area contributed by atoms with Gasteiger partial charge in [0.2, 0.25) is 0 Å². The van der Waals surface area contributed by atoms with Gasteiger partial charge in [-0.3, -0.25) is 14.5 Å². The van der Waals surface area contributed by atoms with Gasteiger partial charge in [-0.15, -0.1) is 0 Å². The Morgan fingerprint density at radius 1 is 0.939 bits per heavy atom. The molecule has 1 aliphatic rings. The number of anilines is 1. The highest BCUT2D eigenvalue weighted by Crippen LogP contribution is 2.42. The highest BCUT2D eigenvalue weighted by atomic mass is 79.9. The van der Waals surface area contributed by atoms with Crippen molar-refractivity contribution in [3.63, 3.8) is 0 Å². The molecule has 3 aromatic rings. The summed E-state index contributed by atoms with van der Waals surface area (Å²) in [4.78, 5) is 39.6. The fourth-order valence-corrected chi connectivity index (χ4v) is 4.05. The Hall–Kier alpha value is -3.71. The number of nitrogens with zero attached hydrogens (tertiary/aromatic N) is 1. The summed E-state index contributed by atoms with van der Waals surface area (Å²) in [6, 6.07) is 21.3. The Morgan fingerprint density at radius 2 is 1.58 bits per heavy atom. The fourth-order valence-electron chi connectivity index (χ4n) is 3.78. The molecule has 0 radical (unpaired) electrons. The zero-order valence-electron chi connectivity index (χ0n) is 17.7. The Labute approximate surface area is 199 Å². The Kier molecular flexibility index (Phi) is 6.42. The summed E-state index contributed by atoms with van der Waals surface area (Å²) < 4.78 is 5.85. The molecule has 1 fully saturated rings. The second kappa shape index (κ2) is 9.42. The molecule has 1 aliphatic heterocycles. The lowest BCUT2D eigenvalue weighted by Crippen LogP contribution is -2.29. The molecule has 0 aliphatic carbocycles. The second-order valence-corrected chi connectivity index (χ2v) is 8.27. The molecule has 0 unspecified atom stereocenters. The number of carbonyl (C=O) groups excluding carboxylic acids is 3. The van der Waals surface area contributed by atoms with Gasteiger partial charge in [-0.1, -0.05) is 58.4 Å². The van der Waals surface area contributed by atoms with E-state index in [0.29, 0.717) is 22.4 Å². The van der Waals surface area contributed by atoms with Crippen LogP contribution in [0.3, 0.4) is 0 Å². The van der Waals surface area contributed by atoms with Crippen LogP contribution in [0.4, 0.5) is 5.69 Å². The van der Waals surface area contributed by atoms with Crippen LogP contribution in [0.1, 0.15) is 34.5 Å². The zero-order chi connectivity index (χ0) is 23.5. The number of hydrogen-bond acceptors (Lipinski definition) is 5. The van der Waals surface area contributed by atoms with Gasteiger partial charge in [0.15, 0.2) is 0 Å². The minimum Gasteiger partial charge on any atom is -0.507 e. The molecule has 7 heteroatoms. The van der Waals surface area contributed by atoms with E-state index < -0.39 is 23.7 Å². The van der Waals surface area contributed by atoms with Gasteiger partial charge < -0.3 is 9.84 Å². The SMILES string of the molecule is CCOC(=O)c1ccc(N2C(=O)C(=O)/C(=C(/O)c3ccccc3)[C@H]2c2ccc(Br)cc2)cc1. The average Bonchev–Trinajstić information content (AvgIpc) is 3.10. The first-order valence-electron chi connectivity index (χ1n) is 10.3. The van der Waals surface area contributed by atoms with Gasteiger partial charge in [-0.25, -0.2) is 4.79 Å². The molecule has 1 amide bonds. The topological polar surface area (TPSA) is 83.9 Å². The van der Waals surface area contributed by atoms with Crippen LogP contribution in [-0.2, 0) is 14.3 Å². The molecule has 166 valence electrons. The molecule has 1 atom stereocenters. The van der Waals surface area contributed by atoms with Gasteiger partial charge >= 0.3 is 5.97 Å². The van der Waals surface area contributed by atoms with Crippen LogP contribution in [-0.4, -0.2) is 29.4 Å². The van der Waals surface area contributed by atoms with E-state index in [1.807, 2.05) is 12.1 Å². The Morgan fingerprint density at radius 3 is 2.18 bits per heavy atom. The molecule has 0 saturated carbocycles. The summed E-state index contributed by atoms with van der Waals surface area (Å²) >= 11 is 3.40. The number of hydrogen-bond donors (Lipinski definition) is 1. The number of aliphatic hydroxyl groups excluding tert-OH is 1. The van der Waals surface area contributed by atoms with Crippen LogP contribution in [0.5, 0.6) is 0 Å². The first-order valence-corrected chi connectivity index (χ1v) is 11.1. The van der Waals surface area contributed by atoms with Gasteiger partial charge in [-0.05, 0) is 48.9 Å². The van der Waals surface area contributed by atoms with Crippen LogP contribution in [0, 0.1) is 0 Å². The standard InChI is InChI=1S/C26H20BrNO5/c1-2-33-26(32)18-10-14-20(15-11-18)28-22(16-8-12-19(27)13-9-16)21(24(30)25(28)31)23(29)17-6-4-3-5-7-17/h3-15,22,29H,2H2,1H3/b23-21+/t22-/m1/s1. The quantitative estimate of drug-likeness (QED) is 0.221. The lowest BCUT2D eigenvalue weighted by atomic mass is 9.95. The largest absolute Gasteiger partial charge is 0.507 e. The molecule has 0 spiro atoms. The number of halogens is 1. The first-order chi connectivity index (χ1) is 15.9. The summed E-state index contributed by atoms with van der Waals surface area (Å²) in [5.41, 5.74) is 1.86. The lowest BCUT2D eigenvalue weighted by molar-refractivity contribution is -0.132. The molecule has 1 N–H and O–H groups in total. The molecule has 6 nitrogen and oxygen atoms in total. The van der Waals surface area contributed by atoms with E-state index in [1.54, 1.807) is 73.7 Å². The normalized spacial score (nSPS) is 17.3. The maximum Gasteiger partial charge on any atom is 0.338 e.